The van der Waals surface area contributed by atoms with Crippen LogP contribution < -0.4 is 5.32 Å². The minimum absolute atomic E-state index is 0.0243. The van der Waals surface area contributed by atoms with Gasteiger partial charge >= 0.3 is 5.97 Å². The number of hydrogen-bond acceptors (Lipinski definition) is 2. The summed E-state index contributed by atoms with van der Waals surface area (Å²) in [4.78, 5) is 10.1. The van der Waals surface area contributed by atoms with Gasteiger partial charge in [0.05, 0.1) is 6.42 Å². The Labute approximate surface area is 75.2 Å². The molecule has 0 aliphatic rings. The van der Waals surface area contributed by atoms with Gasteiger partial charge in [-0.2, -0.15) is 0 Å². The van der Waals surface area contributed by atoms with Gasteiger partial charge in [-0.25, -0.2) is 4.39 Å². The lowest BCUT2D eigenvalue weighted by Gasteiger charge is -2.03. The molecule has 0 saturated carbocycles. The molecule has 0 radical (unpaired) electrons. The Bertz CT molecular complexity index is 301. The van der Waals surface area contributed by atoms with Gasteiger partial charge in [-0.3, -0.25) is 4.79 Å². The van der Waals surface area contributed by atoms with Crippen molar-refractivity contribution in [3.05, 3.63) is 30.1 Å². The smallest absolute Gasteiger partial charge is 0.305 e. The predicted molar refractivity (Wildman–Crippen MR) is 47.1 cm³/mol. The average molecular weight is 183 g/mol. The highest BCUT2D eigenvalue weighted by Crippen LogP contribution is 2.08. The topological polar surface area (TPSA) is 49.3 Å². The average Bonchev–Trinajstić information content (AvgIpc) is 2.03. The van der Waals surface area contributed by atoms with Crippen LogP contribution in [0.2, 0.25) is 0 Å². The molecule has 0 atom stereocenters. The van der Waals surface area contributed by atoms with Crippen LogP contribution in [0, 0.1) is 5.82 Å². The number of carboxylic acids is 1. The van der Waals surface area contributed by atoms with Crippen molar-refractivity contribution in [2.75, 3.05) is 11.9 Å². The summed E-state index contributed by atoms with van der Waals surface area (Å²) in [6.07, 6.45) is 0.0243. The second-order valence-corrected chi connectivity index (χ2v) is 2.58. The van der Waals surface area contributed by atoms with Crippen molar-refractivity contribution in [2.45, 2.75) is 6.42 Å². The van der Waals surface area contributed by atoms with Crippen molar-refractivity contribution in [1.29, 1.82) is 0 Å². The number of rotatable bonds is 4. The van der Waals surface area contributed by atoms with Gasteiger partial charge in [0.25, 0.3) is 0 Å². The lowest BCUT2D eigenvalue weighted by molar-refractivity contribution is -0.136. The Kier molecular flexibility index (Phi) is 3.25. The normalized spacial score (nSPS) is 9.62. The van der Waals surface area contributed by atoms with Crippen LogP contribution in [0.25, 0.3) is 0 Å². The van der Waals surface area contributed by atoms with E-state index in [0.717, 1.165) is 0 Å². The minimum atomic E-state index is -0.871. The van der Waals surface area contributed by atoms with E-state index in [1.165, 1.54) is 12.1 Å². The SMILES string of the molecule is O=C(O)CCNc1cccc(F)c1. The Morgan fingerprint density at radius 1 is 1.54 bits per heavy atom. The molecule has 3 nitrogen and oxygen atoms in total. The van der Waals surface area contributed by atoms with Gasteiger partial charge in [0.1, 0.15) is 5.82 Å². The van der Waals surface area contributed by atoms with E-state index >= 15 is 0 Å². The molecule has 0 unspecified atom stereocenters. The van der Waals surface area contributed by atoms with Crippen LogP contribution in [0.3, 0.4) is 0 Å². The van der Waals surface area contributed by atoms with Crippen LogP contribution in [0.15, 0.2) is 24.3 Å². The molecule has 0 heterocycles. The van der Waals surface area contributed by atoms with Gasteiger partial charge in [0.2, 0.25) is 0 Å². The molecule has 0 amide bonds. The zero-order chi connectivity index (χ0) is 9.68. The molecular weight excluding hydrogens is 173 g/mol. The summed E-state index contributed by atoms with van der Waals surface area (Å²) in [6, 6.07) is 5.91. The van der Waals surface area contributed by atoms with Gasteiger partial charge < -0.3 is 10.4 Å². The lowest BCUT2D eigenvalue weighted by Crippen LogP contribution is -2.07. The van der Waals surface area contributed by atoms with Crippen molar-refractivity contribution >= 4 is 11.7 Å². The number of hydrogen-bond donors (Lipinski definition) is 2. The predicted octanol–water partition coefficient (Wildman–Crippen LogP) is 1.71. The minimum Gasteiger partial charge on any atom is -0.481 e. The van der Waals surface area contributed by atoms with Crippen LogP contribution in [-0.4, -0.2) is 17.6 Å². The zero-order valence-corrected chi connectivity index (χ0v) is 6.96. The zero-order valence-electron chi connectivity index (χ0n) is 6.96. The van der Waals surface area contributed by atoms with Crippen LogP contribution in [0.5, 0.6) is 0 Å². The standard InChI is InChI=1S/C9H10FNO2/c10-7-2-1-3-8(6-7)11-5-4-9(12)13/h1-3,6,11H,4-5H2,(H,12,13). The van der Waals surface area contributed by atoms with Crippen LogP contribution in [0.4, 0.5) is 10.1 Å². The summed E-state index contributed by atoms with van der Waals surface area (Å²) in [5.41, 5.74) is 0.598. The summed E-state index contributed by atoms with van der Waals surface area (Å²) in [7, 11) is 0. The van der Waals surface area contributed by atoms with E-state index < -0.39 is 5.97 Å². The summed E-state index contributed by atoms with van der Waals surface area (Å²) in [5, 5.41) is 11.1. The van der Waals surface area contributed by atoms with E-state index in [2.05, 4.69) is 5.32 Å². The van der Waals surface area contributed by atoms with Crippen LogP contribution >= 0.6 is 0 Å². The Hall–Kier alpha value is -1.58. The van der Waals surface area contributed by atoms with Gasteiger partial charge in [-0.05, 0) is 18.2 Å². The van der Waals surface area contributed by atoms with Gasteiger partial charge in [0, 0.05) is 12.2 Å². The van der Waals surface area contributed by atoms with Crippen LogP contribution in [-0.2, 0) is 4.79 Å². The third-order valence-corrected chi connectivity index (χ3v) is 1.49. The molecule has 0 bridgehead atoms. The second kappa shape index (κ2) is 4.45. The number of anilines is 1. The highest BCUT2D eigenvalue weighted by molar-refractivity contribution is 5.67. The van der Waals surface area contributed by atoms with E-state index in [4.69, 9.17) is 5.11 Å². The maximum Gasteiger partial charge on any atom is 0.305 e. The number of carbonyl (C=O) groups is 1. The lowest BCUT2D eigenvalue weighted by atomic mass is 10.3. The van der Waals surface area contributed by atoms with E-state index in [0.29, 0.717) is 12.2 Å². The fraction of sp³-hybridized carbons (Fsp3) is 0.222. The molecule has 70 valence electrons. The van der Waals surface area contributed by atoms with Crippen molar-refractivity contribution in [2.24, 2.45) is 0 Å². The number of carboxylic acid groups (broad SMARTS) is 1. The van der Waals surface area contributed by atoms with Gasteiger partial charge in [-0.15, -0.1) is 0 Å². The van der Waals surface area contributed by atoms with Crippen molar-refractivity contribution in [1.82, 2.24) is 0 Å². The molecule has 0 aliphatic carbocycles. The third-order valence-electron chi connectivity index (χ3n) is 1.49. The number of nitrogens with one attached hydrogen (secondary N) is 1. The molecule has 4 heteroatoms. The molecule has 13 heavy (non-hydrogen) atoms. The number of aliphatic carboxylic acids is 1. The molecule has 0 aliphatic heterocycles. The summed E-state index contributed by atoms with van der Waals surface area (Å²) < 4.78 is 12.6. The monoisotopic (exact) mass is 183 g/mol. The first-order valence-corrected chi connectivity index (χ1v) is 3.90. The Morgan fingerprint density at radius 2 is 2.31 bits per heavy atom. The van der Waals surface area contributed by atoms with E-state index in [1.54, 1.807) is 12.1 Å². The molecule has 0 spiro atoms. The number of halogens is 1. The molecule has 2 N–H and O–H groups in total. The van der Waals surface area contributed by atoms with Crippen molar-refractivity contribution in [3.8, 4) is 0 Å². The molecule has 1 aromatic rings. The van der Waals surface area contributed by atoms with E-state index in [-0.39, 0.29) is 12.2 Å². The molecule has 0 fully saturated rings. The molecule has 0 aromatic heterocycles. The highest BCUT2D eigenvalue weighted by atomic mass is 19.1. The molecule has 1 aromatic carbocycles. The summed E-state index contributed by atoms with van der Waals surface area (Å²) >= 11 is 0. The summed E-state index contributed by atoms with van der Waals surface area (Å²) in [5.74, 6) is -1.20. The second-order valence-electron chi connectivity index (χ2n) is 2.58. The van der Waals surface area contributed by atoms with Crippen molar-refractivity contribution < 1.29 is 14.3 Å². The van der Waals surface area contributed by atoms with Gasteiger partial charge in [-0.1, -0.05) is 6.07 Å². The maximum atomic E-state index is 12.6. The van der Waals surface area contributed by atoms with E-state index in [9.17, 15) is 9.18 Å². The van der Waals surface area contributed by atoms with Crippen LogP contribution in [0.1, 0.15) is 6.42 Å². The Morgan fingerprint density at radius 3 is 2.92 bits per heavy atom. The molecule has 0 saturated heterocycles. The first kappa shape index (κ1) is 9.51. The summed E-state index contributed by atoms with van der Waals surface area (Å²) in [6.45, 7) is 0.304. The van der Waals surface area contributed by atoms with Crippen molar-refractivity contribution in [3.63, 3.8) is 0 Å². The molecular formula is C9H10FNO2. The number of benzene rings is 1. The fourth-order valence-corrected chi connectivity index (χ4v) is 0.912. The molecule has 1 rings (SSSR count). The highest BCUT2D eigenvalue weighted by Gasteiger charge is 1.97. The largest absolute Gasteiger partial charge is 0.481 e. The fourth-order valence-electron chi connectivity index (χ4n) is 0.912. The Balaban J connectivity index is 2.41. The first-order chi connectivity index (χ1) is 6.18. The van der Waals surface area contributed by atoms with Gasteiger partial charge in [0.15, 0.2) is 0 Å². The third kappa shape index (κ3) is 3.55. The first-order valence-electron chi connectivity index (χ1n) is 3.90. The van der Waals surface area contributed by atoms with E-state index in [1.807, 2.05) is 0 Å². The quantitative estimate of drug-likeness (QED) is 0.747. The maximum absolute atomic E-state index is 12.6.